The van der Waals surface area contributed by atoms with Crippen molar-refractivity contribution >= 4 is 33.2 Å². The van der Waals surface area contributed by atoms with Crippen LogP contribution in [0.3, 0.4) is 0 Å². The maximum Gasteiger partial charge on any atom is 0.263 e. The molecule has 2 N–H and O–H groups in total. The van der Waals surface area contributed by atoms with Crippen LogP contribution < -0.4 is 10.0 Å². The number of rotatable bonds is 8. The third-order valence-corrected chi connectivity index (χ3v) is 5.51. The molecule has 0 saturated carbocycles. The summed E-state index contributed by atoms with van der Waals surface area (Å²) < 4.78 is 40.4. The first kappa shape index (κ1) is 20.2. The quantitative estimate of drug-likeness (QED) is 0.654. The predicted octanol–water partition coefficient (Wildman–Crippen LogP) is 4.20. The van der Waals surface area contributed by atoms with Crippen molar-refractivity contribution in [2.24, 2.45) is 0 Å². The zero-order valence-electron chi connectivity index (χ0n) is 14.3. The third kappa shape index (κ3) is 5.44. The minimum atomic E-state index is -4.03. The predicted molar refractivity (Wildman–Crippen MR) is 101 cm³/mol. The van der Waals surface area contributed by atoms with Gasteiger partial charge in [0.05, 0.1) is 5.02 Å². The van der Waals surface area contributed by atoms with Crippen molar-refractivity contribution in [1.82, 2.24) is 5.32 Å². The van der Waals surface area contributed by atoms with E-state index in [9.17, 15) is 17.6 Å². The summed E-state index contributed by atoms with van der Waals surface area (Å²) in [7, 11) is -4.03. The van der Waals surface area contributed by atoms with E-state index in [4.69, 9.17) is 11.6 Å². The topological polar surface area (TPSA) is 75.3 Å². The SMILES string of the molecule is CCCCCNC(=O)c1ccc(Cl)c(S(=O)(=O)Nc2ccc(F)cc2)c1. The molecule has 140 valence electrons. The number of anilines is 1. The minimum Gasteiger partial charge on any atom is -0.352 e. The Morgan fingerprint density at radius 1 is 1.12 bits per heavy atom. The van der Waals surface area contributed by atoms with Gasteiger partial charge in [0.1, 0.15) is 10.7 Å². The monoisotopic (exact) mass is 398 g/mol. The third-order valence-electron chi connectivity index (χ3n) is 3.65. The van der Waals surface area contributed by atoms with Crippen LogP contribution >= 0.6 is 11.6 Å². The van der Waals surface area contributed by atoms with E-state index in [1.165, 1.54) is 30.3 Å². The van der Waals surface area contributed by atoms with E-state index >= 15 is 0 Å². The molecule has 0 saturated heterocycles. The van der Waals surface area contributed by atoms with E-state index in [2.05, 4.69) is 17.0 Å². The van der Waals surface area contributed by atoms with Crippen molar-refractivity contribution in [3.63, 3.8) is 0 Å². The lowest BCUT2D eigenvalue weighted by Gasteiger charge is -2.11. The van der Waals surface area contributed by atoms with Crippen LogP contribution in [0.2, 0.25) is 5.02 Å². The van der Waals surface area contributed by atoms with Gasteiger partial charge in [0.15, 0.2) is 0 Å². The lowest BCUT2D eigenvalue weighted by atomic mass is 10.2. The van der Waals surface area contributed by atoms with Gasteiger partial charge in [0.25, 0.3) is 15.9 Å². The average Bonchev–Trinajstić information content (AvgIpc) is 2.60. The second-order valence-electron chi connectivity index (χ2n) is 5.72. The molecular formula is C18H20ClFN2O3S. The summed E-state index contributed by atoms with van der Waals surface area (Å²) in [5, 5.41) is 2.74. The van der Waals surface area contributed by atoms with Gasteiger partial charge in [-0.05, 0) is 48.9 Å². The Bertz CT molecular complexity index is 871. The van der Waals surface area contributed by atoms with E-state index in [-0.39, 0.29) is 27.1 Å². The summed E-state index contributed by atoms with van der Waals surface area (Å²) in [6.07, 6.45) is 2.89. The van der Waals surface area contributed by atoms with Crippen molar-refractivity contribution in [3.8, 4) is 0 Å². The van der Waals surface area contributed by atoms with Gasteiger partial charge in [0.2, 0.25) is 0 Å². The standard InChI is InChI=1S/C18H20ClFN2O3S/c1-2-3-4-11-21-18(23)13-5-10-16(19)17(12-13)26(24,25)22-15-8-6-14(20)7-9-15/h5-10,12,22H,2-4,11H2,1H3,(H,21,23). The zero-order valence-corrected chi connectivity index (χ0v) is 15.8. The van der Waals surface area contributed by atoms with Crippen molar-refractivity contribution in [2.45, 2.75) is 31.1 Å². The van der Waals surface area contributed by atoms with E-state index in [1.807, 2.05) is 0 Å². The number of sulfonamides is 1. The first-order chi connectivity index (χ1) is 12.3. The van der Waals surface area contributed by atoms with Gasteiger partial charge < -0.3 is 5.32 Å². The molecule has 0 heterocycles. The van der Waals surface area contributed by atoms with Gasteiger partial charge in [-0.3, -0.25) is 9.52 Å². The van der Waals surface area contributed by atoms with Gasteiger partial charge in [-0.25, -0.2) is 12.8 Å². The van der Waals surface area contributed by atoms with E-state index in [0.717, 1.165) is 31.4 Å². The van der Waals surface area contributed by atoms with Gasteiger partial charge in [-0.2, -0.15) is 0 Å². The number of amides is 1. The molecule has 0 unspecified atom stereocenters. The number of halogens is 2. The van der Waals surface area contributed by atoms with Crippen LogP contribution in [0.5, 0.6) is 0 Å². The number of hydrogen-bond acceptors (Lipinski definition) is 3. The maximum atomic E-state index is 13.0. The molecule has 2 rings (SSSR count). The normalized spacial score (nSPS) is 11.2. The van der Waals surface area contributed by atoms with Crippen molar-refractivity contribution in [1.29, 1.82) is 0 Å². The first-order valence-electron chi connectivity index (χ1n) is 8.19. The van der Waals surface area contributed by atoms with Crippen LogP contribution in [0.1, 0.15) is 36.5 Å². The molecule has 0 radical (unpaired) electrons. The van der Waals surface area contributed by atoms with Crippen molar-refractivity contribution in [2.75, 3.05) is 11.3 Å². The van der Waals surface area contributed by atoms with E-state index in [0.29, 0.717) is 6.54 Å². The molecule has 8 heteroatoms. The Morgan fingerprint density at radius 3 is 2.46 bits per heavy atom. The molecule has 1 amide bonds. The van der Waals surface area contributed by atoms with Crippen LogP contribution in [-0.2, 0) is 10.0 Å². The molecule has 0 fully saturated rings. The Balaban J connectivity index is 2.19. The summed E-state index contributed by atoms with van der Waals surface area (Å²) in [6.45, 7) is 2.58. The van der Waals surface area contributed by atoms with Crippen LogP contribution in [-0.4, -0.2) is 20.9 Å². The highest BCUT2D eigenvalue weighted by molar-refractivity contribution is 7.92. The number of benzene rings is 2. The fraction of sp³-hybridized carbons (Fsp3) is 0.278. The largest absolute Gasteiger partial charge is 0.352 e. The van der Waals surface area contributed by atoms with Gasteiger partial charge in [-0.15, -0.1) is 0 Å². The highest BCUT2D eigenvalue weighted by Crippen LogP contribution is 2.25. The van der Waals surface area contributed by atoms with Gasteiger partial charge >= 0.3 is 0 Å². The average molecular weight is 399 g/mol. The molecule has 5 nitrogen and oxygen atoms in total. The molecule has 0 aliphatic carbocycles. The molecule has 0 aliphatic heterocycles. The minimum absolute atomic E-state index is 0.0119. The summed E-state index contributed by atoms with van der Waals surface area (Å²) in [6, 6.07) is 8.93. The van der Waals surface area contributed by atoms with Gasteiger partial charge in [0, 0.05) is 17.8 Å². The number of carbonyl (C=O) groups excluding carboxylic acids is 1. The molecule has 0 bridgehead atoms. The van der Waals surface area contributed by atoms with Crippen LogP contribution in [0, 0.1) is 5.82 Å². The number of carbonyl (C=O) groups is 1. The van der Waals surface area contributed by atoms with Crippen molar-refractivity contribution in [3.05, 3.63) is 58.9 Å². The smallest absolute Gasteiger partial charge is 0.263 e. The number of unbranched alkanes of at least 4 members (excludes halogenated alkanes) is 2. The molecule has 26 heavy (non-hydrogen) atoms. The Morgan fingerprint density at radius 2 is 1.81 bits per heavy atom. The zero-order chi connectivity index (χ0) is 19.2. The summed E-state index contributed by atoms with van der Waals surface area (Å²) >= 11 is 6.01. The second-order valence-corrected chi connectivity index (χ2v) is 7.78. The van der Waals surface area contributed by atoms with Gasteiger partial charge in [-0.1, -0.05) is 31.4 Å². The molecule has 2 aromatic rings. The molecule has 0 spiro atoms. The number of nitrogens with one attached hydrogen (secondary N) is 2. The summed E-state index contributed by atoms with van der Waals surface area (Å²) in [4.78, 5) is 12.0. The van der Waals surface area contributed by atoms with E-state index in [1.54, 1.807) is 0 Å². The maximum absolute atomic E-state index is 13.0. The highest BCUT2D eigenvalue weighted by atomic mass is 35.5. The molecule has 0 atom stereocenters. The summed E-state index contributed by atoms with van der Waals surface area (Å²) in [5.74, 6) is -0.844. The molecule has 0 aromatic heterocycles. The van der Waals surface area contributed by atoms with Crippen molar-refractivity contribution < 1.29 is 17.6 Å². The molecule has 2 aromatic carbocycles. The molecule has 0 aliphatic rings. The molecular weight excluding hydrogens is 379 g/mol. The highest BCUT2D eigenvalue weighted by Gasteiger charge is 2.20. The Labute approximate surface area is 157 Å². The summed E-state index contributed by atoms with van der Waals surface area (Å²) in [5.41, 5.74) is 0.391. The lowest BCUT2D eigenvalue weighted by molar-refractivity contribution is 0.0952. The second kappa shape index (κ2) is 9.00. The fourth-order valence-corrected chi connectivity index (χ4v) is 3.84. The first-order valence-corrected chi connectivity index (χ1v) is 10.1. The van der Waals surface area contributed by atoms with Crippen LogP contribution in [0.4, 0.5) is 10.1 Å². The van der Waals surface area contributed by atoms with Crippen LogP contribution in [0.15, 0.2) is 47.4 Å². The Hall–Kier alpha value is -2.12. The number of hydrogen-bond donors (Lipinski definition) is 2. The lowest BCUT2D eigenvalue weighted by Crippen LogP contribution is -2.25. The van der Waals surface area contributed by atoms with Crippen LogP contribution in [0.25, 0.3) is 0 Å². The van der Waals surface area contributed by atoms with E-state index < -0.39 is 15.8 Å². The Kier molecular flexibility index (Phi) is 6.99. The fourth-order valence-electron chi connectivity index (χ4n) is 2.26.